The van der Waals surface area contributed by atoms with Crippen molar-refractivity contribution in [3.63, 3.8) is 0 Å². The van der Waals surface area contributed by atoms with Gasteiger partial charge in [0, 0.05) is 12.9 Å². The summed E-state index contributed by atoms with van der Waals surface area (Å²) in [5.41, 5.74) is 0.137. The molecule has 0 heterocycles. The Morgan fingerprint density at radius 3 is 3.07 bits per heavy atom. The minimum atomic E-state index is -2.79. The SMILES string of the molecule is [2H]C#CC([2H])([2H])N(C)[C@H](C([2H])([2H])[2H])C([2H])([2H])c1ccccc1. The lowest BCUT2D eigenvalue weighted by Crippen LogP contribution is -2.31. The molecule has 0 saturated carbocycles. The fourth-order valence-corrected chi connectivity index (χ4v) is 0.942. The smallest absolute Gasteiger partial charge is 0.124 e. The second-order valence-electron chi connectivity index (χ2n) is 2.76. The molecule has 1 aromatic rings. The Hall–Kier alpha value is -1.26. The van der Waals surface area contributed by atoms with Crippen LogP contribution in [-0.4, -0.2) is 24.5 Å². The zero-order valence-corrected chi connectivity index (χ0v) is 7.91. The number of likely N-dealkylation sites (N-methyl/N-ethyl adjacent to an activating group) is 1. The fraction of sp³-hybridized carbons (Fsp3) is 0.385. The van der Waals surface area contributed by atoms with E-state index in [0.717, 1.165) is 11.9 Å². The number of hydrogen-bond donors (Lipinski definition) is 0. The number of benzene rings is 1. The maximum Gasteiger partial charge on any atom is 0.124 e. The Labute approximate surface area is 98.0 Å². The van der Waals surface area contributed by atoms with Crippen LogP contribution in [0.15, 0.2) is 30.3 Å². The summed E-state index contributed by atoms with van der Waals surface area (Å²) >= 11 is 0. The van der Waals surface area contributed by atoms with Gasteiger partial charge in [0.15, 0.2) is 0 Å². The first-order chi connectivity index (χ1) is 9.94. The van der Waals surface area contributed by atoms with E-state index in [-0.39, 0.29) is 5.56 Å². The van der Waals surface area contributed by atoms with Gasteiger partial charge in [0.05, 0.1) is 9.24 Å². The van der Waals surface area contributed by atoms with Crippen LogP contribution in [0.1, 0.15) is 23.4 Å². The summed E-state index contributed by atoms with van der Waals surface area (Å²) in [5, 5.41) is 0. The van der Waals surface area contributed by atoms with E-state index in [4.69, 9.17) is 11.0 Å². The van der Waals surface area contributed by atoms with Crippen molar-refractivity contribution in [1.82, 2.24) is 4.90 Å². The molecule has 0 spiro atoms. The van der Waals surface area contributed by atoms with Crippen molar-refractivity contribution in [3.05, 3.63) is 35.9 Å². The van der Waals surface area contributed by atoms with Crippen molar-refractivity contribution in [2.75, 3.05) is 13.5 Å². The van der Waals surface area contributed by atoms with Gasteiger partial charge in [-0.1, -0.05) is 36.3 Å². The fourth-order valence-electron chi connectivity index (χ4n) is 0.942. The molecule has 0 unspecified atom stereocenters. The van der Waals surface area contributed by atoms with Gasteiger partial charge in [-0.25, -0.2) is 0 Å². The van der Waals surface area contributed by atoms with Gasteiger partial charge in [0.1, 0.15) is 1.37 Å². The van der Waals surface area contributed by atoms with Crippen molar-refractivity contribution in [1.29, 1.82) is 0 Å². The predicted octanol–water partition coefficient (Wildman–Crippen LogP) is 2.18. The number of rotatable bonds is 4. The summed E-state index contributed by atoms with van der Waals surface area (Å²) in [6, 6.07) is 6.00. The maximum absolute atomic E-state index is 8.23. The first-order valence-corrected chi connectivity index (χ1v) is 4.17. The molecule has 0 saturated heterocycles. The van der Waals surface area contributed by atoms with Gasteiger partial charge in [-0.2, -0.15) is 0 Å². The largest absolute Gasteiger partial charge is 0.292 e. The van der Waals surface area contributed by atoms with E-state index < -0.39 is 25.8 Å². The van der Waals surface area contributed by atoms with Crippen LogP contribution in [0, 0.1) is 12.3 Å². The van der Waals surface area contributed by atoms with Crippen molar-refractivity contribution < 1.29 is 11.0 Å². The molecule has 1 heteroatoms. The molecule has 0 N–H and O–H groups in total. The lowest BCUT2D eigenvalue weighted by molar-refractivity contribution is 0.287. The second kappa shape index (κ2) is 5.47. The summed E-state index contributed by atoms with van der Waals surface area (Å²) in [5.74, 6) is 1.96. The predicted molar refractivity (Wildman–Crippen MR) is 61.1 cm³/mol. The van der Waals surface area contributed by atoms with E-state index in [1.807, 2.05) is 5.92 Å². The molecule has 0 fully saturated rings. The number of nitrogens with zero attached hydrogens (tertiary/aromatic N) is 1. The molecular weight excluding hydrogens is 170 g/mol. The molecule has 1 atom stereocenters. The highest BCUT2D eigenvalue weighted by molar-refractivity contribution is 5.15. The molecule has 1 nitrogen and oxygen atoms in total. The van der Waals surface area contributed by atoms with Crippen molar-refractivity contribution in [3.8, 4) is 12.3 Å². The van der Waals surface area contributed by atoms with Crippen LogP contribution >= 0.6 is 0 Å². The van der Waals surface area contributed by atoms with Crippen molar-refractivity contribution in [2.24, 2.45) is 0 Å². The summed E-state index contributed by atoms with van der Waals surface area (Å²) in [6.45, 7) is -5.23. The molecule has 14 heavy (non-hydrogen) atoms. The van der Waals surface area contributed by atoms with E-state index in [0.29, 0.717) is 0 Å². The van der Waals surface area contributed by atoms with E-state index in [2.05, 4.69) is 0 Å². The quantitative estimate of drug-likeness (QED) is 0.666. The highest BCUT2D eigenvalue weighted by atomic mass is 15.1. The third-order valence-corrected chi connectivity index (χ3v) is 1.70. The maximum atomic E-state index is 8.23. The van der Waals surface area contributed by atoms with Gasteiger partial charge in [0.25, 0.3) is 0 Å². The zero-order chi connectivity index (χ0) is 17.2. The van der Waals surface area contributed by atoms with Gasteiger partial charge in [-0.15, -0.1) is 6.40 Å². The minimum absolute atomic E-state index is 0.137. The summed E-state index contributed by atoms with van der Waals surface area (Å²) in [4.78, 5) is 0.731. The molecule has 1 aromatic carbocycles. The van der Waals surface area contributed by atoms with Gasteiger partial charge in [-0.3, -0.25) is 4.90 Å². The number of hydrogen-bond acceptors (Lipinski definition) is 1. The van der Waals surface area contributed by atoms with Crippen LogP contribution < -0.4 is 0 Å². The van der Waals surface area contributed by atoms with Crippen LogP contribution in [0.5, 0.6) is 0 Å². The normalized spacial score (nSPS) is 23.3. The molecule has 0 bridgehead atoms. The van der Waals surface area contributed by atoms with Gasteiger partial charge in [0.2, 0.25) is 0 Å². The van der Waals surface area contributed by atoms with Crippen LogP contribution in [-0.2, 0) is 6.37 Å². The van der Waals surface area contributed by atoms with Gasteiger partial charge >= 0.3 is 0 Å². The Bertz CT molecular complexity index is 555. The Balaban J connectivity index is 3.39. The zero-order valence-electron chi connectivity index (χ0n) is 15.9. The van der Waals surface area contributed by atoms with Crippen LogP contribution in [0.3, 0.4) is 0 Å². The lowest BCUT2D eigenvalue weighted by atomic mass is 10.1. The van der Waals surface area contributed by atoms with E-state index in [1.165, 1.54) is 12.1 Å². The molecule has 0 radical (unpaired) electrons. The summed E-state index contributed by atoms with van der Waals surface area (Å²) in [6.07, 6.45) is -0.671. The van der Waals surface area contributed by atoms with Crippen molar-refractivity contribution >= 4 is 0 Å². The highest BCUT2D eigenvalue weighted by Gasteiger charge is 2.07. The highest BCUT2D eigenvalue weighted by Crippen LogP contribution is 2.06. The average Bonchev–Trinajstić information content (AvgIpc) is 2.37. The van der Waals surface area contributed by atoms with Crippen LogP contribution in [0.4, 0.5) is 0 Å². The first kappa shape index (κ1) is 4.08. The third-order valence-electron chi connectivity index (χ3n) is 1.70. The third kappa shape index (κ3) is 3.24. The average molecular weight is 195 g/mol. The summed E-state index contributed by atoms with van der Waals surface area (Å²) < 4.78 is 61.7. The second-order valence-corrected chi connectivity index (χ2v) is 2.76. The molecule has 0 aliphatic rings. The molecule has 0 aliphatic heterocycles. The van der Waals surface area contributed by atoms with Gasteiger partial charge in [-0.05, 0) is 25.8 Å². The minimum Gasteiger partial charge on any atom is -0.292 e. The first-order valence-electron chi connectivity index (χ1n) is 8.17. The van der Waals surface area contributed by atoms with Crippen LogP contribution in [0.25, 0.3) is 0 Å². The topological polar surface area (TPSA) is 3.24 Å². The Morgan fingerprint density at radius 1 is 1.64 bits per heavy atom. The molecular formula is C13H17N. The molecule has 0 amide bonds. The number of terminal acetylenes is 1. The van der Waals surface area contributed by atoms with Crippen LogP contribution in [0.2, 0.25) is 0 Å². The molecule has 1 rings (SSSR count). The van der Waals surface area contributed by atoms with Gasteiger partial charge < -0.3 is 0 Å². The summed E-state index contributed by atoms with van der Waals surface area (Å²) in [7, 11) is 1.15. The molecule has 0 aliphatic carbocycles. The van der Waals surface area contributed by atoms with Crippen molar-refractivity contribution in [2.45, 2.75) is 19.3 Å². The Morgan fingerprint density at radius 2 is 2.43 bits per heavy atom. The molecule has 0 aromatic heterocycles. The molecule has 74 valence electrons. The monoisotopic (exact) mass is 195 g/mol. The van der Waals surface area contributed by atoms with E-state index >= 15 is 0 Å². The van der Waals surface area contributed by atoms with E-state index in [9.17, 15) is 0 Å². The standard InChI is InChI=1S/C13H17N/c1-4-10-14(3)12(2)11-13-8-6-5-7-9-13/h1,5-9,12H,10-11H2,2-3H3/t12-/m1/s1/i1D,2D3,10D2,11D2. The Kier molecular flexibility index (Phi) is 1.59. The van der Waals surface area contributed by atoms with E-state index in [1.54, 1.807) is 24.6 Å². The lowest BCUT2D eigenvalue weighted by Gasteiger charge is -2.22.